The molecule has 2 unspecified atom stereocenters. The van der Waals surface area contributed by atoms with Crippen LogP contribution in [-0.4, -0.2) is 48.5 Å². The Morgan fingerprint density at radius 1 is 1.15 bits per heavy atom. The van der Waals surface area contributed by atoms with Gasteiger partial charge in [-0.25, -0.2) is 0 Å². The Hall–Kier alpha value is -1.37. The maximum Gasteiger partial charge on any atom is 0.142 e. The van der Waals surface area contributed by atoms with Gasteiger partial charge in [0, 0.05) is 24.7 Å². The molecule has 1 aliphatic rings. The number of β-amino-alcohol motifs (C(OH)–C–C–N with tert-alkyl or cyclic N) is 1. The van der Waals surface area contributed by atoms with Crippen LogP contribution >= 0.6 is 36.4 Å². The van der Waals surface area contributed by atoms with Gasteiger partial charge in [0.2, 0.25) is 0 Å². The molecule has 1 aliphatic heterocycles. The van der Waals surface area contributed by atoms with Crippen LogP contribution in [0.2, 0.25) is 5.02 Å². The molecule has 0 radical (unpaired) electrons. The first-order valence-corrected chi connectivity index (χ1v) is 8.78. The number of aliphatic hydroxyl groups is 1. The molecule has 2 atom stereocenters. The van der Waals surface area contributed by atoms with Gasteiger partial charge in [0.1, 0.15) is 30.3 Å². The van der Waals surface area contributed by atoms with E-state index in [2.05, 4.69) is 4.90 Å². The van der Waals surface area contributed by atoms with E-state index < -0.39 is 6.10 Å². The number of hydrogen-bond acceptors (Lipinski definition) is 5. The average molecular weight is 436 g/mol. The molecular weight excluding hydrogens is 411 g/mol. The first-order chi connectivity index (χ1) is 12.1. The second kappa shape index (κ2) is 11.5. The number of likely N-dealkylation sites (tertiary alicyclic amines) is 1. The number of nitrogen functional groups attached to an aromatic ring is 1. The van der Waals surface area contributed by atoms with E-state index in [1.54, 1.807) is 12.1 Å². The summed E-state index contributed by atoms with van der Waals surface area (Å²) in [7, 11) is 0. The predicted octanol–water partition coefficient (Wildman–Crippen LogP) is 3.66. The zero-order valence-electron chi connectivity index (χ0n) is 14.8. The standard InChI is InChI=1S/C19H23ClN2O3.2ClH/c20-14-5-7-16(8-6-14)25-17-9-10-22(12-17)11-15(23)13-24-19-4-2-1-3-18(19)21;;/h1-8,15,17,23H,9-13,21H2;2*1H. The maximum atomic E-state index is 10.2. The average Bonchev–Trinajstić information content (AvgIpc) is 3.03. The van der Waals surface area contributed by atoms with Crippen LogP contribution < -0.4 is 15.2 Å². The minimum atomic E-state index is -0.575. The van der Waals surface area contributed by atoms with Crippen LogP contribution in [0.5, 0.6) is 11.5 Å². The summed E-state index contributed by atoms with van der Waals surface area (Å²) in [5.74, 6) is 1.42. The largest absolute Gasteiger partial charge is 0.489 e. The Kier molecular flexibility index (Phi) is 10.1. The number of benzene rings is 2. The SMILES string of the molecule is Cl.Cl.Nc1ccccc1OCC(O)CN1CCC(Oc2ccc(Cl)cc2)C1. The number of nitrogens with two attached hydrogens (primary N) is 1. The molecule has 150 valence electrons. The van der Waals surface area contributed by atoms with Crippen LogP contribution in [0.15, 0.2) is 48.5 Å². The molecule has 1 fully saturated rings. The summed E-state index contributed by atoms with van der Waals surface area (Å²) in [6, 6.07) is 14.7. The van der Waals surface area contributed by atoms with Crippen molar-refractivity contribution in [2.24, 2.45) is 0 Å². The molecule has 0 amide bonds. The van der Waals surface area contributed by atoms with Gasteiger partial charge in [0.25, 0.3) is 0 Å². The third-order valence-corrected chi connectivity index (χ3v) is 4.42. The van der Waals surface area contributed by atoms with Crippen molar-refractivity contribution >= 4 is 42.1 Å². The molecule has 0 spiro atoms. The number of hydrogen-bond donors (Lipinski definition) is 2. The van der Waals surface area contributed by atoms with Crippen LogP contribution in [0.25, 0.3) is 0 Å². The maximum absolute atomic E-state index is 10.2. The highest BCUT2D eigenvalue weighted by Crippen LogP contribution is 2.22. The summed E-state index contributed by atoms with van der Waals surface area (Å²) < 4.78 is 11.6. The van der Waals surface area contributed by atoms with Gasteiger partial charge in [-0.05, 0) is 42.8 Å². The first-order valence-electron chi connectivity index (χ1n) is 8.40. The van der Waals surface area contributed by atoms with E-state index in [1.807, 2.05) is 36.4 Å². The van der Waals surface area contributed by atoms with Gasteiger partial charge in [0.15, 0.2) is 0 Å². The number of ether oxygens (including phenoxy) is 2. The quantitative estimate of drug-likeness (QED) is 0.650. The third kappa shape index (κ3) is 7.28. The van der Waals surface area contributed by atoms with Crippen molar-refractivity contribution in [2.75, 3.05) is 32.0 Å². The van der Waals surface area contributed by atoms with Crippen LogP contribution in [0.3, 0.4) is 0 Å². The minimum Gasteiger partial charge on any atom is -0.489 e. The van der Waals surface area contributed by atoms with Crippen LogP contribution in [0.4, 0.5) is 5.69 Å². The summed E-state index contributed by atoms with van der Waals surface area (Å²) in [5.41, 5.74) is 6.41. The summed E-state index contributed by atoms with van der Waals surface area (Å²) >= 11 is 5.88. The van der Waals surface area contributed by atoms with Gasteiger partial charge in [0.05, 0.1) is 5.69 Å². The molecule has 0 aliphatic carbocycles. The van der Waals surface area contributed by atoms with Crippen LogP contribution in [-0.2, 0) is 0 Å². The Morgan fingerprint density at radius 3 is 2.56 bits per heavy atom. The Bertz CT molecular complexity index is 688. The lowest BCUT2D eigenvalue weighted by Gasteiger charge is -2.21. The second-order valence-corrected chi connectivity index (χ2v) is 6.68. The molecule has 3 rings (SSSR count). The van der Waals surface area contributed by atoms with Gasteiger partial charge >= 0.3 is 0 Å². The monoisotopic (exact) mass is 434 g/mol. The predicted molar refractivity (Wildman–Crippen MR) is 114 cm³/mol. The molecule has 2 aromatic rings. The molecular formula is C19H25Cl3N2O3. The molecule has 3 N–H and O–H groups in total. The van der Waals surface area contributed by atoms with Crippen molar-refractivity contribution in [3.8, 4) is 11.5 Å². The number of rotatable bonds is 7. The normalized spacial score (nSPS) is 17.5. The van der Waals surface area contributed by atoms with Gasteiger partial charge in [-0.3, -0.25) is 4.90 Å². The summed E-state index contributed by atoms with van der Waals surface area (Å²) in [6.45, 7) is 2.44. The minimum absolute atomic E-state index is 0. The fraction of sp³-hybridized carbons (Fsp3) is 0.368. The second-order valence-electron chi connectivity index (χ2n) is 6.24. The molecule has 0 saturated carbocycles. The Balaban J connectivity index is 0.00000182. The van der Waals surface area contributed by atoms with E-state index in [0.29, 0.717) is 23.0 Å². The van der Waals surface area contributed by atoms with Crippen molar-refractivity contribution in [3.05, 3.63) is 53.6 Å². The third-order valence-electron chi connectivity index (χ3n) is 4.16. The smallest absolute Gasteiger partial charge is 0.142 e. The lowest BCUT2D eigenvalue weighted by atomic mass is 10.3. The van der Waals surface area contributed by atoms with Crippen molar-refractivity contribution in [1.82, 2.24) is 4.90 Å². The highest BCUT2D eigenvalue weighted by atomic mass is 35.5. The van der Waals surface area contributed by atoms with E-state index in [4.69, 9.17) is 26.8 Å². The molecule has 1 saturated heterocycles. The highest BCUT2D eigenvalue weighted by Gasteiger charge is 2.25. The molecule has 5 nitrogen and oxygen atoms in total. The lowest BCUT2D eigenvalue weighted by Crippen LogP contribution is -2.35. The summed E-state index contributed by atoms with van der Waals surface area (Å²) in [6.07, 6.45) is 0.481. The first kappa shape index (κ1) is 23.7. The van der Waals surface area contributed by atoms with Crippen molar-refractivity contribution in [3.63, 3.8) is 0 Å². The fourth-order valence-corrected chi connectivity index (χ4v) is 3.04. The number of para-hydroxylation sites is 2. The molecule has 0 aromatic heterocycles. The number of anilines is 1. The van der Waals surface area contributed by atoms with E-state index in [0.717, 1.165) is 25.3 Å². The molecule has 8 heteroatoms. The number of nitrogens with zero attached hydrogens (tertiary/aromatic N) is 1. The molecule has 0 bridgehead atoms. The number of halogens is 3. The zero-order chi connectivity index (χ0) is 17.6. The molecule has 1 heterocycles. The highest BCUT2D eigenvalue weighted by molar-refractivity contribution is 6.30. The van der Waals surface area contributed by atoms with Crippen molar-refractivity contribution < 1.29 is 14.6 Å². The summed E-state index contributed by atoms with van der Waals surface area (Å²) in [5, 5.41) is 10.9. The van der Waals surface area contributed by atoms with Gasteiger partial charge in [-0.2, -0.15) is 0 Å². The van der Waals surface area contributed by atoms with E-state index in [-0.39, 0.29) is 37.5 Å². The Morgan fingerprint density at radius 2 is 1.85 bits per heavy atom. The van der Waals surface area contributed by atoms with Crippen LogP contribution in [0.1, 0.15) is 6.42 Å². The fourth-order valence-electron chi connectivity index (χ4n) is 2.91. The van der Waals surface area contributed by atoms with Gasteiger partial charge in [-0.15, -0.1) is 24.8 Å². The van der Waals surface area contributed by atoms with E-state index >= 15 is 0 Å². The molecule has 2 aromatic carbocycles. The lowest BCUT2D eigenvalue weighted by molar-refractivity contribution is 0.0723. The van der Waals surface area contributed by atoms with Crippen molar-refractivity contribution in [2.45, 2.75) is 18.6 Å². The zero-order valence-corrected chi connectivity index (χ0v) is 17.2. The summed E-state index contributed by atoms with van der Waals surface area (Å²) in [4.78, 5) is 2.18. The van der Waals surface area contributed by atoms with E-state index in [9.17, 15) is 5.11 Å². The van der Waals surface area contributed by atoms with E-state index in [1.165, 1.54) is 0 Å². The van der Waals surface area contributed by atoms with Gasteiger partial charge in [-0.1, -0.05) is 23.7 Å². The topological polar surface area (TPSA) is 68.0 Å². The Labute approximate surface area is 177 Å². The number of aliphatic hydroxyl groups excluding tert-OH is 1. The van der Waals surface area contributed by atoms with Crippen molar-refractivity contribution in [1.29, 1.82) is 0 Å². The van der Waals surface area contributed by atoms with Crippen LogP contribution in [0, 0.1) is 0 Å². The van der Waals surface area contributed by atoms with Gasteiger partial charge < -0.3 is 20.3 Å². The molecule has 27 heavy (non-hydrogen) atoms.